The number of oxazole rings is 1. The van der Waals surface area contributed by atoms with E-state index in [2.05, 4.69) is 9.97 Å². The first kappa shape index (κ1) is 31.3. The molecule has 2 aromatic carbocycles. The Hall–Kier alpha value is -4.74. The van der Waals surface area contributed by atoms with Gasteiger partial charge in [-0.15, -0.1) is 0 Å². The number of halogens is 4. The molecule has 2 fully saturated rings. The molecule has 4 aromatic rings. The number of aromatic nitrogens is 2. The second kappa shape index (κ2) is 12.6. The number of piperazine rings is 1. The Labute approximate surface area is 263 Å². The molecule has 0 atom stereocenters. The van der Waals surface area contributed by atoms with Crippen LogP contribution in [0.1, 0.15) is 45.8 Å². The van der Waals surface area contributed by atoms with Crippen LogP contribution in [-0.2, 0) is 29.2 Å². The van der Waals surface area contributed by atoms with Crippen LogP contribution in [0.25, 0.3) is 0 Å². The molecule has 0 spiro atoms. The lowest BCUT2D eigenvalue weighted by Gasteiger charge is -2.35. The average Bonchev–Trinajstić information content (AvgIpc) is 3.67. The highest BCUT2D eigenvalue weighted by Crippen LogP contribution is 2.49. The smallest absolute Gasteiger partial charge is 0.420 e. The van der Waals surface area contributed by atoms with Crippen molar-refractivity contribution in [3.63, 3.8) is 0 Å². The summed E-state index contributed by atoms with van der Waals surface area (Å²) in [7, 11) is 1.62. The van der Waals surface area contributed by atoms with E-state index < -0.39 is 29.2 Å². The minimum Gasteiger partial charge on any atom is -0.420 e. The molecule has 46 heavy (non-hydrogen) atoms. The number of nitrogens with zero attached hydrogens (tertiary/aromatic N) is 5. The number of hydrogen-bond acceptors (Lipinski definition) is 7. The Morgan fingerprint density at radius 2 is 1.63 bits per heavy atom. The van der Waals surface area contributed by atoms with E-state index in [9.17, 15) is 27.2 Å². The van der Waals surface area contributed by atoms with Gasteiger partial charge in [-0.2, -0.15) is 18.2 Å². The highest BCUT2D eigenvalue weighted by Gasteiger charge is 2.46. The summed E-state index contributed by atoms with van der Waals surface area (Å²) in [6, 6.07) is 19.1. The third kappa shape index (κ3) is 6.75. The fraction of sp³-hybridized carbons (Fsp3) is 0.353. The minimum atomic E-state index is -4.87. The summed E-state index contributed by atoms with van der Waals surface area (Å²) >= 11 is 0. The third-order valence-electron chi connectivity index (χ3n) is 8.67. The van der Waals surface area contributed by atoms with Gasteiger partial charge in [0.15, 0.2) is 5.69 Å². The zero-order chi connectivity index (χ0) is 32.5. The number of carbonyl (C=O) groups is 2. The van der Waals surface area contributed by atoms with Crippen LogP contribution in [0, 0.1) is 5.82 Å². The van der Waals surface area contributed by atoms with Crippen molar-refractivity contribution in [1.82, 2.24) is 14.9 Å². The molecule has 2 aromatic heterocycles. The van der Waals surface area contributed by atoms with E-state index in [1.54, 1.807) is 42.3 Å². The van der Waals surface area contributed by atoms with Gasteiger partial charge in [-0.25, -0.2) is 9.37 Å². The Bertz CT molecular complexity index is 1700. The van der Waals surface area contributed by atoms with Gasteiger partial charge in [0.2, 0.25) is 17.5 Å². The summed E-state index contributed by atoms with van der Waals surface area (Å²) in [5, 5.41) is 0. The molecule has 1 aliphatic carbocycles. The molecule has 12 heteroatoms. The molecular formula is C34H33F4N5O3. The molecule has 1 saturated carbocycles. The maximum atomic E-state index is 14.0. The predicted molar refractivity (Wildman–Crippen MR) is 163 cm³/mol. The van der Waals surface area contributed by atoms with Crippen LogP contribution in [0.15, 0.2) is 77.3 Å². The monoisotopic (exact) mass is 635 g/mol. The molecule has 1 amide bonds. The lowest BCUT2D eigenvalue weighted by molar-refractivity contribution is -0.141. The zero-order valence-electron chi connectivity index (χ0n) is 25.3. The van der Waals surface area contributed by atoms with Crippen molar-refractivity contribution in [3.8, 4) is 0 Å². The molecule has 6 rings (SSSR count). The summed E-state index contributed by atoms with van der Waals surface area (Å²) < 4.78 is 61.3. The molecule has 2 aliphatic rings. The van der Waals surface area contributed by atoms with Crippen molar-refractivity contribution >= 4 is 23.5 Å². The van der Waals surface area contributed by atoms with Gasteiger partial charge in [-0.1, -0.05) is 54.6 Å². The average molecular weight is 636 g/mol. The molecular weight excluding hydrogens is 602 g/mol. The van der Waals surface area contributed by atoms with Gasteiger partial charge in [0.05, 0.1) is 6.42 Å². The number of pyridine rings is 1. The number of likely N-dealkylation sites (N-methyl/N-ethyl adjacent to an activating group) is 1. The molecule has 1 saturated heterocycles. The SMILES string of the molecule is CN(CC1(c2ccccc2)CC1)c1nc(C(F)(F)F)c(C(=O)Cc2ccc(N3CCN(C(=O)Cc4ccccc4F)CC3)nc2)o1. The van der Waals surface area contributed by atoms with Crippen LogP contribution >= 0.6 is 0 Å². The van der Waals surface area contributed by atoms with Crippen molar-refractivity contribution in [2.75, 3.05) is 49.6 Å². The van der Waals surface area contributed by atoms with E-state index in [4.69, 9.17) is 4.42 Å². The van der Waals surface area contributed by atoms with E-state index in [0.29, 0.717) is 49.7 Å². The van der Waals surface area contributed by atoms with Crippen molar-refractivity contribution in [3.05, 3.63) is 107 Å². The minimum absolute atomic E-state index is 0.0128. The van der Waals surface area contributed by atoms with Gasteiger partial charge in [0.1, 0.15) is 11.6 Å². The Morgan fingerprint density at radius 3 is 2.26 bits per heavy atom. The number of ketones is 1. The van der Waals surface area contributed by atoms with Crippen LogP contribution in [0.5, 0.6) is 0 Å². The largest absolute Gasteiger partial charge is 0.437 e. The first-order chi connectivity index (χ1) is 22.0. The van der Waals surface area contributed by atoms with Crippen molar-refractivity contribution in [2.24, 2.45) is 0 Å². The number of carbonyl (C=O) groups excluding carboxylic acids is 2. The van der Waals surface area contributed by atoms with Gasteiger partial charge in [0, 0.05) is 57.8 Å². The van der Waals surface area contributed by atoms with Crippen LogP contribution in [0.2, 0.25) is 0 Å². The van der Waals surface area contributed by atoms with E-state index in [1.807, 2.05) is 35.2 Å². The number of alkyl halides is 3. The van der Waals surface area contributed by atoms with Crippen molar-refractivity contribution in [2.45, 2.75) is 37.3 Å². The molecule has 0 unspecified atom stereocenters. The van der Waals surface area contributed by atoms with Crippen molar-refractivity contribution < 1.29 is 31.6 Å². The van der Waals surface area contributed by atoms with E-state index >= 15 is 0 Å². The Balaban J connectivity index is 1.08. The number of anilines is 2. The molecule has 0 bridgehead atoms. The van der Waals surface area contributed by atoms with Gasteiger partial charge in [-0.05, 0) is 41.7 Å². The van der Waals surface area contributed by atoms with Gasteiger partial charge >= 0.3 is 6.18 Å². The summed E-state index contributed by atoms with van der Waals surface area (Å²) in [6.45, 7) is 2.28. The standard InChI is InChI=1S/C34H33F4N5O3/c1-41(22-33(13-14-33)25-8-3-2-4-9-25)32-40-31(34(36,37)38)30(46-32)27(44)19-23-11-12-28(39-21-23)42-15-17-43(18-16-42)29(45)20-24-7-5-6-10-26(24)35/h2-12,21H,13-20,22H2,1H3. The van der Waals surface area contributed by atoms with E-state index in [0.717, 1.165) is 18.4 Å². The van der Waals surface area contributed by atoms with Crippen LogP contribution in [-0.4, -0.2) is 66.3 Å². The number of benzene rings is 2. The maximum Gasteiger partial charge on any atom is 0.437 e. The quantitative estimate of drug-likeness (QED) is 0.163. The predicted octanol–water partition coefficient (Wildman–Crippen LogP) is 5.71. The number of Topliss-reactive ketones (excluding diaryl/α,β-unsaturated/α-hetero) is 1. The topological polar surface area (TPSA) is 82.8 Å². The maximum absolute atomic E-state index is 14.0. The molecule has 0 radical (unpaired) electrons. The second-order valence-electron chi connectivity index (χ2n) is 11.9. The normalized spacial score (nSPS) is 15.9. The highest BCUT2D eigenvalue weighted by atomic mass is 19.4. The van der Waals surface area contributed by atoms with Gasteiger partial charge < -0.3 is 19.1 Å². The molecule has 0 N–H and O–H groups in total. The van der Waals surface area contributed by atoms with Crippen LogP contribution in [0.3, 0.4) is 0 Å². The Morgan fingerprint density at radius 1 is 0.935 bits per heavy atom. The molecule has 240 valence electrons. The van der Waals surface area contributed by atoms with Crippen LogP contribution in [0.4, 0.5) is 29.4 Å². The van der Waals surface area contributed by atoms with Gasteiger partial charge in [0.25, 0.3) is 6.01 Å². The van der Waals surface area contributed by atoms with Crippen LogP contribution < -0.4 is 9.80 Å². The zero-order valence-corrected chi connectivity index (χ0v) is 25.3. The van der Waals surface area contributed by atoms with Gasteiger partial charge in [-0.3, -0.25) is 9.59 Å². The summed E-state index contributed by atoms with van der Waals surface area (Å²) in [5.74, 6) is -1.62. The van der Waals surface area contributed by atoms with E-state index in [-0.39, 0.29) is 30.2 Å². The fourth-order valence-electron chi connectivity index (χ4n) is 5.93. The lowest BCUT2D eigenvalue weighted by atomic mass is 9.96. The lowest BCUT2D eigenvalue weighted by Crippen LogP contribution is -2.49. The number of rotatable bonds is 10. The first-order valence-corrected chi connectivity index (χ1v) is 15.1. The summed E-state index contributed by atoms with van der Waals surface area (Å²) in [6.07, 6.45) is -1.98. The number of hydrogen-bond donors (Lipinski definition) is 0. The highest BCUT2D eigenvalue weighted by molar-refractivity contribution is 5.96. The molecule has 8 nitrogen and oxygen atoms in total. The number of amides is 1. The summed E-state index contributed by atoms with van der Waals surface area (Å²) in [5.41, 5.74) is 0.354. The first-order valence-electron chi connectivity index (χ1n) is 15.1. The summed E-state index contributed by atoms with van der Waals surface area (Å²) in [4.78, 5) is 39.1. The Kier molecular flexibility index (Phi) is 8.54. The van der Waals surface area contributed by atoms with Crippen molar-refractivity contribution in [1.29, 1.82) is 0 Å². The third-order valence-corrected chi connectivity index (χ3v) is 8.67. The van der Waals surface area contributed by atoms with E-state index in [1.165, 1.54) is 17.2 Å². The molecule has 1 aliphatic heterocycles. The second-order valence-corrected chi connectivity index (χ2v) is 11.9. The fourth-order valence-corrected chi connectivity index (χ4v) is 5.93. The molecule has 3 heterocycles.